The molecule has 2 saturated carbocycles. The Kier molecular flexibility index (Phi) is 8.44. The average molecular weight is 571 g/mol. The maximum Gasteiger partial charge on any atom is 0.277 e. The molecule has 0 atom stereocenters. The Bertz CT molecular complexity index is 1490. The molecule has 218 valence electrons. The minimum Gasteiger partial charge on any atom is -0.490 e. The van der Waals surface area contributed by atoms with Gasteiger partial charge < -0.3 is 14.4 Å². The highest BCUT2D eigenvalue weighted by atomic mass is 19.3. The van der Waals surface area contributed by atoms with Gasteiger partial charge in [-0.2, -0.15) is 5.10 Å². The van der Waals surface area contributed by atoms with Crippen LogP contribution in [0.4, 0.5) is 13.2 Å². The molecular formula is C30H33F3N4O4. The molecule has 0 bridgehead atoms. The van der Waals surface area contributed by atoms with Gasteiger partial charge in [0.15, 0.2) is 0 Å². The second-order valence-electron chi connectivity index (χ2n) is 11.2. The fraction of sp³-hybridized carbons (Fsp3) is 0.467. The highest BCUT2D eigenvalue weighted by molar-refractivity contribution is 5.95. The van der Waals surface area contributed by atoms with Crippen molar-refractivity contribution in [2.75, 3.05) is 33.2 Å². The van der Waals surface area contributed by atoms with Crippen LogP contribution in [0.1, 0.15) is 53.7 Å². The van der Waals surface area contributed by atoms with E-state index in [4.69, 9.17) is 4.74 Å². The lowest BCUT2D eigenvalue weighted by molar-refractivity contribution is -0.108. The summed E-state index contributed by atoms with van der Waals surface area (Å²) in [6.07, 6.45) is 6.78. The Morgan fingerprint density at radius 1 is 1.10 bits per heavy atom. The number of carbonyl (C=O) groups excluding carboxylic acids is 2. The summed E-state index contributed by atoms with van der Waals surface area (Å²) in [4.78, 5) is 37.4. The predicted octanol–water partition coefficient (Wildman–Crippen LogP) is 4.20. The Hall–Kier alpha value is -3.73. The second kappa shape index (κ2) is 12.0. The maximum atomic E-state index is 14.7. The lowest BCUT2D eigenvalue weighted by Gasteiger charge is -2.26. The van der Waals surface area contributed by atoms with Crippen LogP contribution < -0.4 is 10.3 Å². The summed E-state index contributed by atoms with van der Waals surface area (Å²) in [7, 11) is 1.56. The SMILES string of the molecule is CN1CCN(C(=O)c2cc(Cc3n[nH]c(=O)c4ccc(OC5CCC5)cc34)ccc2F)CC(F)(F)C1.O=CC1CC1. The molecule has 8 nitrogen and oxygen atoms in total. The molecule has 2 aromatic carbocycles. The van der Waals surface area contributed by atoms with Gasteiger partial charge in [-0.15, -0.1) is 0 Å². The number of likely N-dealkylation sites (N-methyl/N-ethyl adjacent to an activating group) is 1. The summed E-state index contributed by atoms with van der Waals surface area (Å²) in [5, 5.41) is 7.72. The largest absolute Gasteiger partial charge is 0.490 e. The summed E-state index contributed by atoms with van der Waals surface area (Å²) in [5.41, 5.74) is 0.475. The number of hydrogen-bond donors (Lipinski definition) is 1. The number of carbonyl (C=O) groups is 2. The topological polar surface area (TPSA) is 95.6 Å². The van der Waals surface area contributed by atoms with Gasteiger partial charge in [-0.25, -0.2) is 18.3 Å². The first kappa shape index (κ1) is 28.8. The number of nitrogens with one attached hydrogen (secondary N) is 1. The molecule has 0 spiro atoms. The summed E-state index contributed by atoms with van der Waals surface area (Å²) < 4.78 is 49.1. The number of halogens is 3. The maximum absolute atomic E-state index is 14.7. The minimum atomic E-state index is -3.09. The Morgan fingerprint density at radius 2 is 1.88 bits per heavy atom. The Labute approximate surface area is 235 Å². The van der Waals surface area contributed by atoms with Gasteiger partial charge in [0.2, 0.25) is 0 Å². The molecule has 3 aromatic rings. The predicted molar refractivity (Wildman–Crippen MR) is 147 cm³/mol. The summed E-state index contributed by atoms with van der Waals surface area (Å²) in [5.74, 6) is -3.55. The van der Waals surface area contributed by atoms with Crippen molar-refractivity contribution in [3.05, 3.63) is 69.4 Å². The zero-order valence-corrected chi connectivity index (χ0v) is 22.9. The number of ether oxygens (including phenoxy) is 1. The molecule has 1 aromatic heterocycles. The van der Waals surface area contributed by atoms with Crippen LogP contribution in [0.25, 0.3) is 10.8 Å². The molecule has 0 radical (unpaired) electrons. The first-order valence-electron chi connectivity index (χ1n) is 13.9. The van der Waals surface area contributed by atoms with Gasteiger partial charge in [0.05, 0.1) is 35.8 Å². The van der Waals surface area contributed by atoms with Crippen LogP contribution in [0, 0.1) is 11.7 Å². The monoisotopic (exact) mass is 570 g/mol. The van der Waals surface area contributed by atoms with Crippen molar-refractivity contribution in [1.29, 1.82) is 0 Å². The van der Waals surface area contributed by atoms with E-state index in [0.29, 0.717) is 33.7 Å². The normalized spacial score (nSPS) is 19.1. The lowest BCUT2D eigenvalue weighted by Crippen LogP contribution is -2.41. The number of aromatic nitrogens is 2. The van der Waals surface area contributed by atoms with Gasteiger partial charge in [-0.05, 0) is 75.0 Å². The van der Waals surface area contributed by atoms with Crippen LogP contribution in [0.15, 0.2) is 41.2 Å². The molecule has 1 N–H and O–H groups in total. The molecule has 6 rings (SSSR count). The second-order valence-corrected chi connectivity index (χ2v) is 11.2. The number of fused-ring (bicyclic) bond motifs is 1. The fourth-order valence-corrected chi connectivity index (χ4v) is 4.88. The van der Waals surface area contributed by atoms with E-state index in [1.165, 1.54) is 17.0 Å². The summed E-state index contributed by atoms with van der Waals surface area (Å²) in [6.45, 7) is -0.891. The van der Waals surface area contributed by atoms with Crippen LogP contribution in [-0.4, -0.2) is 77.4 Å². The number of hydrogen-bond acceptors (Lipinski definition) is 6. The van der Waals surface area contributed by atoms with Gasteiger partial charge in [-0.1, -0.05) is 6.07 Å². The first-order chi connectivity index (χ1) is 19.6. The molecule has 11 heteroatoms. The number of nitrogens with zero attached hydrogens (tertiary/aromatic N) is 3. The van der Waals surface area contributed by atoms with Gasteiger partial charge in [-0.3, -0.25) is 14.5 Å². The standard InChI is InChI=1S/C26H27F3N4O3.C4H6O/c1-32-9-10-33(15-26(28,29)14-32)25(35)21-11-16(5-8-22(21)27)12-23-20-13-18(36-17-3-2-4-17)6-7-19(20)24(34)31-30-23;5-3-4-1-2-4/h5-8,11,13,17H,2-4,9-10,12,14-15H2,1H3,(H,31,34);3-4H,1-2H2. The molecule has 2 heterocycles. The third-order valence-corrected chi connectivity index (χ3v) is 7.60. The van der Waals surface area contributed by atoms with Crippen molar-refractivity contribution in [3.8, 4) is 5.75 Å². The van der Waals surface area contributed by atoms with E-state index in [9.17, 15) is 27.6 Å². The number of alkyl halides is 2. The zero-order valence-electron chi connectivity index (χ0n) is 22.9. The molecule has 3 aliphatic rings. The summed E-state index contributed by atoms with van der Waals surface area (Å²) in [6, 6.07) is 9.26. The van der Waals surface area contributed by atoms with Crippen molar-refractivity contribution >= 4 is 23.0 Å². The smallest absolute Gasteiger partial charge is 0.277 e. The third kappa shape index (κ3) is 7.13. The molecule has 1 saturated heterocycles. The molecule has 1 amide bonds. The first-order valence-corrected chi connectivity index (χ1v) is 13.9. The lowest BCUT2D eigenvalue weighted by atomic mass is 9.96. The number of benzene rings is 2. The van der Waals surface area contributed by atoms with Crippen LogP contribution in [0.5, 0.6) is 5.75 Å². The zero-order chi connectivity index (χ0) is 29.1. The van der Waals surface area contributed by atoms with Crippen molar-refractivity contribution in [2.24, 2.45) is 5.92 Å². The van der Waals surface area contributed by atoms with E-state index in [2.05, 4.69) is 10.2 Å². The average Bonchev–Trinajstić information content (AvgIpc) is 3.77. The van der Waals surface area contributed by atoms with Gasteiger partial charge in [0.25, 0.3) is 17.4 Å². The highest BCUT2D eigenvalue weighted by Gasteiger charge is 2.38. The van der Waals surface area contributed by atoms with E-state index in [1.54, 1.807) is 25.2 Å². The number of aromatic amines is 1. The van der Waals surface area contributed by atoms with Crippen LogP contribution in [0.2, 0.25) is 0 Å². The van der Waals surface area contributed by atoms with Gasteiger partial charge in [0.1, 0.15) is 17.9 Å². The molecule has 0 unspecified atom stereocenters. The van der Waals surface area contributed by atoms with Crippen molar-refractivity contribution < 1.29 is 27.5 Å². The number of H-pyrrole nitrogens is 1. The molecule has 3 fully saturated rings. The molecular weight excluding hydrogens is 537 g/mol. The van der Waals surface area contributed by atoms with E-state index >= 15 is 0 Å². The number of rotatable bonds is 6. The molecule has 41 heavy (non-hydrogen) atoms. The van der Waals surface area contributed by atoms with E-state index in [1.807, 2.05) is 0 Å². The minimum absolute atomic E-state index is 0.0739. The Balaban J connectivity index is 0.000000610. The van der Waals surface area contributed by atoms with Gasteiger partial charge >= 0.3 is 0 Å². The quantitative estimate of drug-likeness (QED) is 0.447. The fourth-order valence-electron chi connectivity index (χ4n) is 4.88. The third-order valence-electron chi connectivity index (χ3n) is 7.60. The van der Waals surface area contributed by atoms with Crippen molar-refractivity contribution in [3.63, 3.8) is 0 Å². The van der Waals surface area contributed by atoms with Gasteiger partial charge in [0, 0.05) is 30.8 Å². The molecule has 2 aliphatic carbocycles. The number of aldehydes is 1. The van der Waals surface area contributed by atoms with Crippen molar-refractivity contribution in [2.45, 2.75) is 50.6 Å². The number of amides is 1. The van der Waals surface area contributed by atoms with E-state index < -0.39 is 30.7 Å². The van der Waals surface area contributed by atoms with Crippen LogP contribution >= 0.6 is 0 Å². The Morgan fingerprint density at radius 3 is 2.54 bits per heavy atom. The van der Waals surface area contributed by atoms with Crippen LogP contribution in [-0.2, 0) is 11.2 Å². The van der Waals surface area contributed by atoms with Crippen molar-refractivity contribution in [1.82, 2.24) is 20.0 Å². The van der Waals surface area contributed by atoms with E-state index in [-0.39, 0.29) is 36.7 Å². The molecule has 1 aliphatic heterocycles. The summed E-state index contributed by atoms with van der Waals surface area (Å²) >= 11 is 0. The van der Waals surface area contributed by atoms with Crippen LogP contribution in [0.3, 0.4) is 0 Å². The highest BCUT2D eigenvalue weighted by Crippen LogP contribution is 2.29. The van der Waals surface area contributed by atoms with E-state index in [0.717, 1.165) is 49.4 Å².